The van der Waals surface area contributed by atoms with E-state index in [0.717, 1.165) is 47.5 Å². The maximum Gasteiger partial charge on any atom is 0.260 e. The molecule has 0 aliphatic carbocycles. The van der Waals surface area contributed by atoms with Crippen molar-refractivity contribution in [2.75, 3.05) is 39.8 Å². The number of hydrogen-bond donors (Lipinski definition) is 1. The van der Waals surface area contributed by atoms with Crippen LogP contribution >= 0.6 is 15.9 Å². The first-order valence-corrected chi connectivity index (χ1v) is 7.88. The van der Waals surface area contributed by atoms with Crippen LogP contribution in [0.1, 0.15) is 11.1 Å². The molecule has 1 aliphatic rings. The van der Waals surface area contributed by atoms with Crippen LogP contribution in [0.15, 0.2) is 16.6 Å². The second-order valence-corrected chi connectivity index (χ2v) is 6.30. The number of likely N-dealkylation sites (N-methyl/N-ethyl adjacent to an activating group) is 1. The third-order valence-electron chi connectivity index (χ3n) is 3.73. The molecular formula is C15H22BrN3O2. The monoisotopic (exact) mass is 355 g/mol. The van der Waals surface area contributed by atoms with Gasteiger partial charge in [-0.05, 0) is 31.7 Å². The Bertz CT molecular complexity index is 514. The Labute approximate surface area is 134 Å². The molecule has 1 fully saturated rings. The quantitative estimate of drug-likeness (QED) is 0.885. The molecular weight excluding hydrogens is 334 g/mol. The summed E-state index contributed by atoms with van der Waals surface area (Å²) in [6, 6.07) is 3.90. The van der Waals surface area contributed by atoms with Gasteiger partial charge in [0.05, 0.1) is 0 Å². The van der Waals surface area contributed by atoms with Gasteiger partial charge in [0.2, 0.25) is 0 Å². The van der Waals surface area contributed by atoms with Gasteiger partial charge in [-0.3, -0.25) is 4.79 Å². The van der Waals surface area contributed by atoms with Gasteiger partial charge in [-0.25, -0.2) is 0 Å². The minimum Gasteiger partial charge on any atom is -0.483 e. The fourth-order valence-electron chi connectivity index (χ4n) is 2.44. The first-order chi connectivity index (χ1) is 10.0. The summed E-state index contributed by atoms with van der Waals surface area (Å²) in [7, 11) is 2.07. The summed E-state index contributed by atoms with van der Waals surface area (Å²) in [5, 5.41) is 0. The topological polar surface area (TPSA) is 58.8 Å². The SMILES string of the molecule is Cc1cc(Br)cc(CN)c1OCC(=O)N1CCN(C)CC1. The minimum absolute atomic E-state index is 0.0355. The summed E-state index contributed by atoms with van der Waals surface area (Å²) in [4.78, 5) is 16.3. The zero-order chi connectivity index (χ0) is 15.4. The number of benzene rings is 1. The Morgan fingerprint density at radius 2 is 2.00 bits per heavy atom. The van der Waals surface area contributed by atoms with Crippen LogP contribution in [-0.4, -0.2) is 55.5 Å². The number of ether oxygens (including phenoxy) is 1. The zero-order valence-corrected chi connectivity index (χ0v) is 14.1. The number of aryl methyl sites for hydroxylation is 1. The van der Waals surface area contributed by atoms with Crippen molar-refractivity contribution in [1.82, 2.24) is 9.80 Å². The van der Waals surface area contributed by atoms with Gasteiger partial charge < -0.3 is 20.3 Å². The Kier molecular flexibility index (Phi) is 5.61. The highest BCUT2D eigenvalue weighted by atomic mass is 79.9. The maximum atomic E-state index is 12.2. The van der Waals surface area contributed by atoms with E-state index in [1.807, 2.05) is 24.0 Å². The third kappa shape index (κ3) is 4.18. The summed E-state index contributed by atoms with van der Waals surface area (Å²) in [6.07, 6.45) is 0. The van der Waals surface area contributed by atoms with Crippen molar-refractivity contribution < 1.29 is 9.53 Å². The van der Waals surface area contributed by atoms with Gasteiger partial charge in [0.15, 0.2) is 6.61 Å². The molecule has 0 radical (unpaired) electrons. The number of carbonyl (C=O) groups is 1. The zero-order valence-electron chi connectivity index (χ0n) is 12.6. The van der Waals surface area contributed by atoms with Gasteiger partial charge in [0.1, 0.15) is 5.75 Å². The molecule has 1 heterocycles. The number of nitrogens with two attached hydrogens (primary N) is 1. The fraction of sp³-hybridized carbons (Fsp3) is 0.533. The molecule has 1 aromatic carbocycles. The summed E-state index contributed by atoms with van der Waals surface area (Å²) in [5.74, 6) is 0.761. The highest BCUT2D eigenvalue weighted by molar-refractivity contribution is 9.10. The third-order valence-corrected chi connectivity index (χ3v) is 4.19. The first kappa shape index (κ1) is 16.3. The molecule has 2 rings (SSSR count). The van der Waals surface area contributed by atoms with E-state index >= 15 is 0 Å². The molecule has 0 unspecified atom stereocenters. The van der Waals surface area contributed by atoms with E-state index in [9.17, 15) is 4.79 Å². The minimum atomic E-state index is 0.0355. The Hall–Kier alpha value is -1.11. The summed E-state index contributed by atoms with van der Waals surface area (Å²) in [6.45, 7) is 5.77. The first-order valence-electron chi connectivity index (χ1n) is 7.09. The average molecular weight is 356 g/mol. The number of halogens is 1. The Morgan fingerprint density at radius 1 is 1.33 bits per heavy atom. The van der Waals surface area contributed by atoms with E-state index in [4.69, 9.17) is 10.5 Å². The average Bonchev–Trinajstić information content (AvgIpc) is 2.46. The van der Waals surface area contributed by atoms with Gasteiger partial charge in [0, 0.05) is 42.8 Å². The van der Waals surface area contributed by atoms with Crippen molar-refractivity contribution in [2.45, 2.75) is 13.5 Å². The lowest BCUT2D eigenvalue weighted by Crippen LogP contribution is -2.48. The van der Waals surface area contributed by atoms with E-state index in [1.165, 1.54) is 0 Å². The lowest BCUT2D eigenvalue weighted by molar-refractivity contribution is -0.134. The summed E-state index contributed by atoms with van der Waals surface area (Å²) >= 11 is 3.45. The van der Waals surface area contributed by atoms with Gasteiger partial charge >= 0.3 is 0 Å². The summed E-state index contributed by atoms with van der Waals surface area (Å²) < 4.78 is 6.72. The smallest absolute Gasteiger partial charge is 0.260 e. The molecule has 1 amide bonds. The lowest BCUT2D eigenvalue weighted by atomic mass is 10.1. The molecule has 5 nitrogen and oxygen atoms in total. The number of carbonyl (C=O) groups excluding carboxylic acids is 1. The number of rotatable bonds is 4. The van der Waals surface area contributed by atoms with Crippen LogP contribution in [-0.2, 0) is 11.3 Å². The second kappa shape index (κ2) is 7.24. The van der Waals surface area contributed by atoms with Crippen molar-refractivity contribution in [3.63, 3.8) is 0 Å². The van der Waals surface area contributed by atoms with Crippen molar-refractivity contribution in [1.29, 1.82) is 0 Å². The van der Waals surface area contributed by atoms with Crippen molar-refractivity contribution >= 4 is 21.8 Å². The number of hydrogen-bond acceptors (Lipinski definition) is 4. The van der Waals surface area contributed by atoms with Crippen molar-refractivity contribution in [3.05, 3.63) is 27.7 Å². The van der Waals surface area contributed by atoms with Crippen molar-refractivity contribution in [3.8, 4) is 5.75 Å². The van der Waals surface area contributed by atoms with Crippen LogP contribution < -0.4 is 10.5 Å². The molecule has 0 aromatic heterocycles. The Morgan fingerprint density at radius 3 is 2.62 bits per heavy atom. The highest BCUT2D eigenvalue weighted by Crippen LogP contribution is 2.27. The van der Waals surface area contributed by atoms with Crippen LogP contribution in [0.25, 0.3) is 0 Å². The van der Waals surface area contributed by atoms with E-state index in [1.54, 1.807) is 0 Å². The van der Waals surface area contributed by atoms with Crippen LogP contribution in [0.2, 0.25) is 0 Å². The van der Waals surface area contributed by atoms with Gasteiger partial charge in [-0.2, -0.15) is 0 Å². The molecule has 21 heavy (non-hydrogen) atoms. The molecule has 0 atom stereocenters. The van der Waals surface area contributed by atoms with Gasteiger partial charge in [-0.15, -0.1) is 0 Å². The molecule has 0 spiro atoms. The molecule has 6 heteroatoms. The lowest BCUT2D eigenvalue weighted by Gasteiger charge is -2.32. The van der Waals surface area contributed by atoms with E-state index in [0.29, 0.717) is 6.54 Å². The maximum absolute atomic E-state index is 12.2. The van der Waals surface area contributed by atoms with Gasteiger partial charge in [0.25, 0.3) is 5.91 Å². The normalized spacial score (nSPS) is 16.1. The highest BCUT2D eigenvalue weighted by Gasteiger charge is 2.20. The molecule has 0 saturated carbocycles. The largest absolute Gasteiger partial charge is 0.483 e. The van der Waals surface area contributed by atoms with E-state index in [-0.39, 0.29) is 12.5 Å². The molecule has 116 valence electrons. The second-order valence-electron chi connectivity index (χ2n) is 5.39. The van der Waals surface area contributed by atoms with Gasteiger partial charge in [-0.1, -0.05) is 15.9 Å². The van der Waals surface area contributed by atoms with Crippen LogP contribution in [0.4, 0.5) is 0 Å². The van der Waals surface area contributed by atoms with E-state index in [2.05, 4.69) is 27.9 Å². The number of amides is 1. The summed E-state index contributed by atoms with van der Waals surface area (Å²) in [5.41, 5.74) is 7.64. The molecule has 1 saturated heterocycles. The number of nitrogens with zero attached hydrogens (tertiary/aromatic N) is 2. The standard InChI is InChI=1S/C15H22BrN3O2/c1-11-7-13(16)8-12(9-17)15(11)21-10-14(20)19-5-3-18(2)4-6-19/h7-8H,3-6,9-10,17H2,1-2H3. The number of piperazine rings is 1. The predicted molar refractivity (Wildman–Crippen MR) is 86.3 cm³/mol. The molecule has 0 bridgehead atoms. The van der Waals surface area contributed by atoms with E-state index < -0.39 is 0 Å². The fourth-order valence-corrected chi connectivity index (χ4v) is 3.06. The molecule has 1 aliphatic heterocycles. The Balaban J connectivity index is 1.98. The van der Waals surface area contributed by atoms with Crippen molar-refractivity contribution in [2.24, 2.45) is 5.73 Å². The predicted octanol–water partition coefficient (Wildman–Crippen LogP) is 1.37. The van der Waals surface area contributed by atoms with Crippen LogP contribution in [0.3, 0.4) is 0 Å². The van der Waals surface area contributed by atoms with Crippen LogP contribution in [0.5, 0.6) is 5.75 Å². The van der Waals surface area contributed by atoms with Crippen LogP contribution in [0, 0.1) is 6.92 Å². The molecule has 2 N–H and O–H groups in total. The molecule has 1 aromatic rings.